The minimum absolute atomic E-state index is 0.163. The summed E-state index contributed by atoms with van der Waals surface area (Å²) in [5, 5.41) is 28.5. The summed E-state index contributed by atoms with van der Waals surface area (Å²) in [5.74, 6) is -5.00. The van der Waals surface area contributed by atoms with E-state index in [2.05, 4.69) is 6.92 Å². The number of aliphatic hydroxyl groups is 3. The number of cyclic esters (lactones) is 3. The second-order valence-electron chi connectivity index (χ2n) is 9.71. The molecule has 0 aromatic heterocycles. The molecular weight excluding hydrogens is 484 g/mol. The van der Waals surface area contributed by atoms with Gasteiger partial charge in [0.25, 0.3) is 5.60 Å². The van der Waals surface area contributed by atoms with Gasteiger partial charge in [-0.3, -0.25) is 4.79 Å². The summed E-state index contributed by atoms with van der Waals surface area (Å²) in [6, 6.07) is 0. The molecule has 1 heterocycles. The van der Waals surface area contributed by atoms with Crippen molar-refractivity contribution >= 4 is 23.7 Å². The molecule has 1 rings (SSSR count). The normalized spacial score (nSPS) is 22.4. The molecule has 0 spiro atoms. The highest BCUT2D eigenvalue weighted by Crippen LogP contribution is 2.23. The Morgan fingerprint density at radius 3 is 1.54 bits per heavy atom. The molecule has 37 heavy (non-hydrogen) atoms. The van der Waals surface area contributed by atoms with Gasteiger partial charge in [0.2, 0.25) is 12.2 Å². The summed E-state index contributed by atoms with van der Waals surface area (Å²) in [4.78, 5) is 49.9. The average molecular weight is 531 g/mol. The van der Waals surface area contributed by atoms with E-state index in [1.165, 1.54) is 64.2 Å². The molecule has 0 amide bonds. The molecule has 214 valence electrons. The second kappa shape index (κ2) is 19.1. The molecule has 1 fully saturated rings. The van der Waals surface area contributed by atoms with Gasteiger partial charge in [-0.2, -0.15) is 0 Å². The SMILES string of the molecule is CCCCCCCCCCCCCCCCCC(=O)C1(CO)OC(=O)C(CO)OC(=O)C(CO)OC1=O. The molecule has 0 radical (unpaired) electrons. The second-order valence-corrected chi connectivity index (χ2v) is 9.71. The van der Waals surface area contributed by atoms with Crippen LogP contribution in [0.1, 0.15) is 110 Å². The third kappa shape index (κ3) is 11.5. The summed E-state index contributed by atoms with van der Waals surface area (Å²) in [6.45, 7) is -0.942. The van der Waals surface area contributed by atoms with Crippen molar-refractivity contribution < 1.29 is 48.7 Å². The maximum atomic E-state index is 12.9. The summed E-state index contributed by atoms with van der Waals surface area (Å²) >= 11 is 0. The Kier molecular flexibility index (Phi) is 17.0. The van der Waals surface area contributed by atoms with Crippen LogP contribution in [0.2, 0.25) is 0 Å². The Hall–Kier alpha value is -2.04. The number of hydrogen-bond donors (Lipinski definition) is 3. The Balaban J connectivity index is 2.40. The molecule has 10 nitrogen and oxygen atoms in total. The summed E-state index contributed by atoms with van der Waals surface area (Å²) in [6.07, 6.45) is 13.3. The van der Waals surface area contributed by atoms with Crippen LogP contribution in [0.4, 0.5) is 0 Å². The van der Waals surface area contributed by atoms with Gasteiger partial charge < -0.3 is 29.5 Å². The van der Waals surface area contributed by atoms with E-state index in [9.17, 15) is 34.5 Å². The molecule has 1 aliphatic rings. The van der Waals surface area contributed by atoms with Gasteiger partial charge in [-0.1, -0.05) is 96.8 Å². The van der Waals surface area contributed by atoms with Gasteiger partial charge in [0.15, 0.2) is 5.78 Å². The number of Topliss-reactive ketones (excluding diaryl/α,β-unsaturated/α-hetero) is 1. The summed E-state index contributed by atoms with van der Waals surface area (Å²) in [7, 11) is 0. The molecule has 1 aliphatic heterocycles. The lowest BCUT2D eigenvalue weighted by Gasteiger charge is -2.28. The van der Waals surface area contributed by atoms with Crippen molar-refractivity contribution in [2.45, 2.75) is 127 Å². The van der Waals surface area contributed by atoms with E-state index in [0.29, 0.717) is 12.8 Å². The van der Waals surface area contributed by atoms with Gasteiger partial charge in [0, 0.05) is 6.42 Å². The van der Waals surface area contributed by atoms with Crippen LogP contribution in [0.15, 0.2) is 0 Å². The number of ketones is 1. The van der Waals surface area contributed by atoms with Gasteiger partial charge in [-0.05, 0) is 6.42 Å². The molecule has 0 aromatic carbocycles. The fourth-order valence-electron chi connectivity index (χ4n) is 4.25. The monoisotopic (exact) mass is 530 g/mol. The topological polar surface area (TPSA) is 157 Å². The number of hydrogen-bond acceptors (Lipinski definition) is 10. The van der Waals surface area contributed by atoms with Crippen LogP contribution in [0.25, 0.3) is 0 Å². The first-order valence-electron chi connectivity index (χ1n) is 13.9. The van der Waals surface area contributed by atoms with Crippen LogP contribution in [0.5, 0.6) is 0 Å². The number of ether oxygens (including phenoxy) is 3. The highest BCUT2D eigenvalue weighted by molar-refractivity contribution is 6.09. The number of esters is 3. The predicted molar refractivity (Wildman–Crippen MR) is 134 cm³/mol. The predicted octanol–water partition coefficient (Wildman–Crippen LogP) is 2.91. The largest absolute Gasteiger partial charge is 0.445 e. The van der Waals surface area contributed by atoms with E-state index < -0.39 is 61.3 Å². The summed E-state index contributed by atoms with van der Waals surface area (Å²) in [5.41, 5.74) is -2.69. The van der Waals surface area contributed by atoms with Crippen molar-refractivity contribution in [3.05, 3.63) is 0 Å². The van der Waals surface area contributed by atoms with Gasteiger partial charge in [-0.25, -0.2) is 14.4 Å². The van der Waals surface area contributed by atoms with Crippen molar-refractivity contribution in [2.75, 3.05) is 19.8 Å². The molecule has 0 aliphatic carbocycles. The molecule has 1 saturated heterocycles. The van der Waals surface area contributed by atoms with Gasteiger partial charge in [-0.15, -0.1) is 0 Å². The quantitative estimate of drug-likeness (QED) is 0.0925. The van der Waals surface area contributed by atoms with Gasteiger partial charge in [0.1, 0.15) is 6.61 Å². The zero-order valence-electron chi connectivity index (χ0n) is 22.3. The van der Waals surface area contributed by atoms with E-state index in [4.69, 9.17) is 14.2 Å². The maximum absolute atomic E-state index is 12.9. The lowest BCUT2D eigenvalue weighted by atomic mass is 9.94. The molecular formula is C27H46O10. The third-order valence-electron chi connectivity index (χ3n) is 6.65. The maximum Gasteiger partial charge on any atom is 0.362 e. The zero-order chi connectivity index (χ0) is 27.5. The number of unbranched alkanes of at least 4 members (excludes halogenated alkanes) is 14. The molecule has 0 saturated carbocycles. The Bertz CT molecular complexity index is 693. The smallest absolute Gasteiger partial charge is 0.362 e. The number of aliphatic hydroxyl groups excluding tert-OH is 3. The molecule has 3 unspecified atom stereocenters. The Labute approximate surface area is 220 Å². The van der Waals surface area contributed by atoms with Gasteiger partial charge >= 0.3 is 17.9 Å². The lowest BCUT2D eigenvalue weighted by molar-refractivity contribution is -0.194. The van der Waals surface area contributed by atoms with Crippen LogP contribution in [-0.4, -0.2) is 76.6 Å². The van der Waals surface area contributed by atoms with Crippen molar-refractivity contribution in [3.63, 3.8) is 0 Å². The first-order valence-corrected chi connectivity index (χ1v) is 13.9. The summed E-state index contributed by atoms with van der Waals surface area (Å²) < 4.78 is 14.5. The third-order valence-corrected chi connectivity index (χ3v) is 6.65. The first kappa shape index (κ1) is 33.0. The number of rotatable bonds is 20. The van der Waals surface area contributed by atoms with E-state index in [1.807, 2.05) is 0 Å². The molecule has 3 N–H and O–H groups in total. The van der Waals surface area contributed by atoms with Crippen molar-refractivity contribution in [1.29, 1.82) is 0 Å². The minimum atomic E-state index is -2.69. The van der Waals surface area contributed by atoms with Crippen LogP contribution in [-0.2, 0) is 33.4 Å². The first-order chi connectivity index (χ1) is 17.9. The van der Waals surface area contributed by atoms with E-state index in [-0.39, 0.29) is 6.42 Å². The van der Waals surface area contributed by atoms with Crippen LogP contribution < -0.4 is 0 Å². The molecule has 10 heteroatoms. The van der Waals surface area contributed by atoms with E-state index in [1.54, 1.807) is 0 Å². The van der Waals surface area contributed by atoms with E-state index in [0.717, 1.165) is 19.3 Å². The number of carbonyl (C=O) groups is 4. The molecule has 0 aromatic rings. The number of carbonyl (C=O) groups excluding carboxylic acids is 4. The van der Waals surface area contributed by atoms with Crippen molar-refractivity contribution in [3.8, 4) is 0 Å². The Morgan fingerprint density at radius 2 is 1.11 bits per heavy atom. The van der Waals surface area contributed by atoms with Crippen molar-refractivity contribution in [2.24, 2.45) is 0 Å². The molecule has 3 atom stereocenters. The Morgan fingerprint density at radius 1 is 0.676 bits per heavy atom. The van der Waals surface area contributed by atoms with E-state index >= 15 is 0 Å². The van der Waals surface area contributed by atoms with Crippen molar-refractivity contribution in [1.82, 2.24) is 0 Å². The lowest BCUT2D eigenvalue weighted by Crippen LogP contribution is -2.56. The fourth-order valence-corrected chi connectivity index (χ4v) is 4.25. The highest BCUT2D eigenvalue weighted by atomic mass is 16.7. The van der Waals surface area contributed by atoms with Crippen LogP contribution in [0, 0.1) is 0 Å². The van der Waals surface area contributed by atoms with Gasteiger partial charge in [0.05, 0.1) is 13.2 Å². The zero-order valence-corrected chi connectivity index (χ0v) is 22.3. The molecule has 0 bridgehead atoms. The van der Waals surface area contributed by atoms with Crippen LogP contribution >= 0.6 is 0 Å². The fraction of sp³-hybridized carbons (Fsp3) is 0.852. The minimum Gasteiger partial charge on any atom is -0.445 e. The average Bonchev–Trinajstić information content (AvgIpc) is 2.93. The highest BCUT2D eigenvalue weighted by Gasteiger charge is 2.53. The van der Waals surface area contributed by atoms with Crippen LogP contribution in [0.3, 0.4) is 0 Å². The standard InChI is InChI=1S/C27H46O10/c1-2-3-4-5-6-7-8-9-10-11-12-13-14-15-16-17-23(31)27(20-30)26(34)36-21(18-28)24(32)35-22(19-29)25(33)37-27/h21-22,28-30H,2-20H2,1H3.